The molecule has 0 amide bonds. The summed E-state index contributed by atoms with van der Waals surface area (Å²) in [5, 5.41) is 2.58. The number of halogens is 2. The van der Waals surface area contributed by atoms with Crippen LogP contribution in [0.3, 0.4) is 0 Å². The van der Waals surface area contributed by atoms with E-state index < -0.39 is 0 Å². The third-order valence-corrected chi connectivity index (χ3v) is 4.67. The first-order chi connectivity index (χ1) is 8.11. The van der Waals surface area contributed by atoms with Crippen molar-refractivity contribution in [1.29, 1.82) is 0 Å². The third kappa shape index (κ3) is 2.89. The van der Waals surface area contributed by atoms with Crippen molar-refractivity contribution < 1.29 is 0 Å². The van der Waals surface area contributed by atoms with Gasteiger partial charge in [0, 0.05) is 5.38 Å². The number of rotatable bonds is 3. The molecule has 0 unspecified atom stereocenters. The van der Waals surface area contributed by atoms with E-state index in [0.717, 1.165) is 27.0 Å². The molecule has 0 aromatic carbocycles. The van der Waals surface area contributed by atoms with Crippen molar-refractivity contribution in [1.82, 2.24) is 9.97 Å². The smallest absolute Gasteiger partial charge is 0.171 e. The predicted molar refractivity (Wildman–Crippen MR) is 81.5 cm³/mol. The lowest BCUT2D eigenvalue weighted by Gasteiger charge is -2.06. The number of nitrogen functional groups attached to an aromatic ring is 1. The molecule has 2 aromatic heterocycles. The summed E-state index contributed by atoms with van der Waals surface area (Å²) in [6.45, 7) is 2.12. The zero-order valence-corrected chi connectivity index (χ0v) is 12.9. The minimum absolute atomic E-state index is 0.545. The molecule has 0 bridgehead atoms. The highest BCUT2D eigenvalue weighted by Gasteiger charge is 2.12. The topological polar surface area (TPSA) is 51.8 Å². The molecule has 2 heterocycles. The standard InChI is InChI=1S/C11H11ClIN3S/c1-2-3-7-9(13)10(14)16-11(15-7)8-4-6(12)5-17-8/h4-5H,2-3H2,1H3,(H2,14,15,16). The van der Waals surface area contributed by atoms with Gasteiger partial charge >= 0.3 is 0 Å². The molecule has 0 atom stereocenters. The van der Waals surface area contributed by atoms with Gasteiger partial charge in [-0.05, 0) is 35.1 Å². The van der Waals surface area contributed by atoms with Crippen molar-refractivity contribution >= 4 is 51.3 Å². The highest BCUT2D eigenvalue weighted by Crippen LogP contribution is 2.29. The van der Waals surface area contributed by atoms with Gasteiger partial charge in [-0.1, -0.05) is 24.9 Å². The fraction of sp³-hybridized carbons (Fsp3) is 0.273. The molecule has 0 fully saturated rings. The number of aryl methyl sites for hydroxylation is 1. The summed E-state index contributed by atoms with van der Waals surface area (Å²) in [7, 11) is 0. The molecule has 0 radical (unpaired) electrons. The maximum atomic E-state index is 5.91. The molecule has 90 valence electrons. The Morgan fingerprint density at radius 3 is 2.82 bits per heavy atom. The van der Waals surface area contributed by atoms with Crippen LogP contribution in [0.15, 0.2) is 11.4 Å². The zero-order valence-electron chi connectivity index (χ0n) is 9.20. The largest absolute Gasteiger partial charge is 0.383 e. The van der Waals surface area contributed by atoms with Crippen molar-refractivity contribution in [2.24, 2.45) is 0 Å². The van der Waals surface area contributed by atoms with E-state index in [1.165, 1.54) is 11.3 Å². The Bertz CT molecular complexity index is 542. The molecule has 0 aliphatic rings. The predicted octanol–water partition coefficient (Wildman–Crippen LogP) is 4.00. The van der Waals surface area contributed by atoms with E-state index in [0.29, 0.717) is 16.7 Å². The van der Waals surface area contributed by atoms with Crippen LogP contribution in [0.2, 0.25) is 5.02 Å². The average molecular weight is 380 g/mol. The number of aromatic nitrogens is 2. The lowest BCUT2D eigenvalue weighted by molar-refractivity contribution is 0.870. The first kappa shape index (κ1) is 13.0. The molecule has 2 N–H and O–H groups in total. The zero-order chi connectivity index (χ0) is 12.4. The minimum Gasteiger partial charge on any atom is -0.383 e. The van der Waals surface area contributed by atoms with Crippen LogP contribution in [0.25, 0.3) is 10.7 Å². The van der Waals surface area contributed by atoms with Crippen LogP contribution >= 0.6 is 45.5 Å². The summed E-state index contributed by atoms with van der Waals surface area (Å²) in [5.41, 5.74) is 6.92. The van der Waals surface area contributed by atoms with E-state index in [9.17, 15) is 0 Å². The van der Waals surface area contributed by atoms with Gasteiger partial charge in [-0.3, -0.25) is 0 Å². The van der Waals surface area contributed by atoms with Gasteiger partial charge in [0.15, 0.2) is 5.82 Å². The SMILES string of the molecule is CCCc1nc(-c2cc(Cl)cs2)nc(N)c1I. The summed E-state index contributed by atoms with van der Waals surface area (Å²) < 4.78 is 0.954. The van der Waals surface area contributed by atoms with Gasteiger partial charge in [0.05, 0.1) is 19.2 Å². The molecule has 0 saturated carbocycles. The van der Waals surface area contributed by atoms with Crippen LogP contribution < -0.4 is 5.73 Å². The number of hydrogen-bond acceptors (Lipinski definition) is 4. The van der Waals surface area contributed by atoms with E-state index in [2.05, 4.69) is 39.5 Å². The fourth-order valence-electron chi connectivity index (χ4n) is 1.46. The highest BCUT2D eigenvalue weighted by molar-refractivity contribution is 14.1. The van der Waals surface area contributed by atoms with Gasteiger partial charge in [0.1, 0.15) is 5.82 Å². The van der Waals surface area contributed by atoms with Gasteiger partial charge in [-0.25, -0.2) is 9.97 Å². The van der Waals surface area contributed by atoms with Gasteiger partial charge in [0.2, 0.25) is 0 Å². The molecule has 0 aliphatic heterocycles. The Labute approximate surface area is 123 Å². The Morgan fingerprint density at radius 1 is 1.47 bits per heavy atom. The Kier molecular flexibility index (Phi) is 4.22. The van der Waals surface area contributed by atoms with Crippen LogP contribution in [0.5, 0.6) is 0 Å². The molecule has 17 heavy (non-hydrogen) atoms. The van der Waals surface area contributed by atoms with E-state index in [4.69, 9.17) is 17.3 Å². The maximum Gasteiger partial charge on any atom is 0.171 e. The van der Waals surface area contributed by atoms with Crippen LogP contribution in [0.1, 0.15) is 19.0 Å². The minimum atomic E-state index is 0.545. The molecule has 6 heteroatoms. The second-order valence-electron chi connectivity index (χ2n) is 3.57. The summed E-state index contributed by atoms with van der Waals surface area (Å²) in [4.78, 5) is 9.82. The number of nitrogens with two attached hydrogens (primary N) is 1. The molecule has 2 aromatic rings. The van der Waals surface area contributed by atoms with Crippen molar-refractivity contribution in [2.75, 3.05) is 5.73 Å². The van der Waals surface area contributed by atoms with Crippen LogP contribution in [0.4, 0.5) is 5.82 Å². The van der Waals surface area contributed by atoms with E-state index in [1.807, 2.05) is 11.4 Å². The molecule has 0 saturated heterocycles. The second-order valence-corrected chi connectivity index (χ2v) is 6.00. The summed E-state index contributed by atoms with van der Waals surface area (Å²) in [6.07, 6.45) is 1.95. The van der Waals surface area contributed by atoms with Gasteiger partial charge in [-0.15, -0.1) is 11.3 Å². The number of anilines is 1. The molecule has 3 nitrogen and oxygen atoms in total. The van der Waals surface area contributed by atoms with Crippen LogP contribution in [-0.2, 0) is 6.42 Å². The summed E-state index contributed by atoms with van der Waals surface area (Å²) >= 11 is 9.63. The fourth-order valence-corrected chi connectivity index (χ4v) is 2.97. The van der Waals surface area contributed by atoms with E-state index in [-0.39, 0.29) is 0 Å². The van der Waals surface area contributed by atoms with Crippen molar-refractivity contribution in [3.63, 3.8) is 0 Å². The van der Waals surface area contributed by atoms with Crippen molar-refractivity contribution in [3.8, 4) is 10.7 Å². The van der Waals surface area contributed by atoms with Crippen LogP contribution in [-0.4, -0.2) is 9.97 Å². The highest BCUT2D eigenvalue weighted by atomic mass is 127. The first-order valence-corrected chi connectivity index (χ1v) is 7.51. The lowest BCUT2D eigenvalue weighted by Crippen LogP contribution is -2.04. The molecule has 0 spiro atoms. The van der Waals surface area contributed by atoms with Gasteiger partial charge < -0.3 is 5.73 Å². The average Bonchev–Trinajstić information content (AvgIpc) is 2.71. The Balaban J connectivity index is 2.48. The summed E-state index contributed by atoms with van der Waals surface area (Å²) in [5.74, 6) is 1.21. The number of nitrogens with zero attached hydrogens (tertiary/aromatic N) is 2. The molecule has 0 aliphatic carbocycles. The molecular weight excluding hydrogens is 369 g/mol. The normalized spacial score (nSPS) is 10.8. The maximum absolute atomic E-state index is 5.91. The number of thiophene rings is 1. The second kappa shape index (κ2) is 5.49. The third-order valence-electron chi connectivity index (χ3n) is 2.22. The van der Waals surface area contributed by atoms with E-state index in [1.54, 1.807) is 0 Å². The van der Waals surface area contributed by atoms with Gasteiger partial charge in [0.25, 0.3) is 0 Å². The first-order valence-electron chi connectivity index (χ1n) is 5.18. The lowest BCUT2D eigenvalue weighted by atomic mass is 10.2. The van der Waals surface area contributed by atoms with Crippen LogP contribution in [0, 0.1) is 3.57 Å². The monoisotopic (exact) mass is 379 g/mol. The van der Waals surface area contributed by atoms with E-state index >= 15 is 0 Å². The summed E-state index contributed by atoms with van der Waals surface area (Å²) in [6, 6.07) is 1.86. The number of hydrogen-bond donors (Lipinski definition) is 1. The Morgan fingerprint density at radius 2 is 2.24 bits per heavy atom. The van der Waals surface area contributed by atoms with Crippen molar-refractivity contribution in [3.05, 3.63) is 25.7 Å². The Hall–Kier alpha value is -0.400. The molecule has 2 rings (SSSR count). The quantitative estimate of drug-likeness (QED) is 0.820. The molecular formula is C11H11ClIN3S. The van der Waals surface area contributed by atoms with Gasteiger partial charge in [-0.2, -0.15) is 0 Å². The van der Waals surface area contributed by atoms with Crippen molar-refractivity contribution in [2.45, 2.75) is 19.8 Å².